The lowest BCUT2D eigenvalue weighted by Gasteiger charge is -2.02. The molecule has 2 amide bonds. The molecular weight excluding hydrogens is 170 g/mol. The molecule has 0 aromatic carbocycles. The molecule has 4 nitrogen and oxygen atoms in total. The average molecular weight is 183 g/mol. The number of carbonyl (C=O) groups excluding carboxylic acids is 2. The Balaban J connectivity index is 2.67. The number of hydrogen-bond donors (Lipinski definition) is 1. The van der Waals surface area contributed by atoms with E-state index in [4.69, 9.17) is 4.74 Å². The van der Waals surface area contributed by atoms with Crippen LogP contribution in [0.1, 0.15) is 19.8 Å². The summed E-state index contributed by atoms with van der Waals surface area (Å²) in [6.45, 7) is 2.43. The molecule has 4 heteroatoms. The zero-order chi connectivity index (χ0) is 9.84. The lowest BCUT2D eigenvalue weighted by molar-refractivity contribution is -0.124. The van der Waals surface area contributed by atoms with Crippen LogP contribution in [0.5, 0.6) is 0 Å². The third-order valence-electron chi connectivity index (χ3n) is 2.06. The van der Waals surface area contributed by atoms with Gasteiger partial charge in [-0.1, -0.05) is 5.57 Å². The van der Waals surface area contributed by atoms with E-state index < -0.39 is 0 Å². The first-order chi connectivity index (χ1) is 6.15. The molecule has 1 rings (SSSR count). The van der Waals surface area contributed by atoms with Crippen molar-refractivity contribution in [2.75, 3.05) is 13.7 Å². The Morgan fingerprint density at radius 3 is 2.69 bits per heavy atom. The highest BCUT2D eigenvalue weighted by Gasteiger charge is 2.25. The van der Waals surface area contributed by atoms with Gasteiger partial charge in [0.1, 0.15) is 0 Å². The molecule has 0 aromatic rings. The van der Waals surface area contributed by atoms with E-state index >= 15 is 0 Å². The number of imide groups is 1. The molecular formula is C9H13NO3. The van der Waals surface area contributed by atoms with Crippen molar-refractivity contribution in [3.05, 3.63) is 11.1 Å². The first-order valence-electron chi connectivity index (χ1n) is 4.17. The van der Waals surface area contributed by atoms with Crippen molar-refractivity contribution >= 4 is 11.8 Å². The van der Waals surface area contributed by atoms with Gasteiger partial charge in [0.2, 0.25) is 5.91 Å². The molecule has 1 N–H and O–H groups in total. The van der Waals surface area contributed by atoms with Gasteiger partial charge in [0.05, 0.1) is 6.42 Å². The van der Waals surface area contributed by atoms with Crippen LogP contribution < -0.4 is 5.32 Å². The number of nitrogens with one attached hydrogen (secondary N) is 1. The second kappa shape index (κ2) is 4.18. The average Bonchev–Trinajstić information content (AvgIpc) is 2.41. The number of hydrogen-bond acceptors (Lipinski definition) is 3. The fourth-order valence-corrected chi connectivity index (χ4v) is 1.24. The van der Waals surface area contributed by atoms with Gasteiger partial charge in [0.25, 0.3) is 5.91 Å². The fourth-order valence-electron chi connectivity index (χ4n) is 1.24. The topological polar surface area (TPSA) is 55.4 Å². The number of methoxy groups -OCH3 is 1. The normalized spacial score (nSPS) is 20.5. The van der Waals surface area contributed by atoms with E-state index in [1.165, 1.54) is 0 Å². The largest absolute Gasteiger partial charge is 0.384 e. The molecule has 13 heavy (non-hydrogen) atoms. The van der Waals surface area contributed by atoms with E-state index in [2.05, 4.69) is 5.32 Å². The highest BCUT2D eigenvalue weighted by atomic mass is 16.5. The van der Waals surface area contributed by atoms with Crippen molar-refractivity contribution in [1.29, 1.82) is 0 Å². The Bertz CT molecular complexity index is 268. The fraction of sp³-hybridized carbons (Fsp3) is 0.556. The van der Waals surface area contributed by atoms with Gasteiger partial charge in [-0.25, -0.2) is 0 Å². The SMILES string of the molecule is COCCC(C)=C1CC(=O)NC1=O. The van der Waals surface area contributed by atoms with Crippen LogP contribution in [0.2, 0.25) is 0 Å². The van der Waals surface area contributed by atoms with Gasteiger partial charge >= 0.3 is 0 Å². The zero-order valence-electron chi connectivity index (χ0n) is 7.85. The molecule has 1 heterocycles. The van der Waals surface area contributed by atoms with E-state index in [-0.39, 0.29) is 18.2 Å². The van der Waals surface area contributed by atoms with Gasteiger partial charge in [-0.05, 0) is 13.3 Å². The highest BCUT2D eigenvalue weighted by Crippen LogP contribution is 2.16. The summed E-state index contributed by atoms with van der Waals surface area (Å²) in [6.07, 6.45) is 0.918. The minimum absolute atomic E-state index is 0.211. The predicted molar refractivity (Wildman–Crippen MR) is 47.0 cm³/mol. The second-order valence-electron chi connectivity index (χ2n) is 3.06. The lowest BCUT2D eigenvalue weighted by Crippen LogP contribution is -2.19. The van der Waals surface area contributed by atoms with Gasteiger partial charge in [0.15, 0.2) is 0 Å². The van der Waals surface area contributed by atoms with Gasteiger partial charge < -0.3 is 4.74 Å². The van der Waals surface area contributed by atoms with Gasteiger partial charge in [-0.15, -0.1) is 0 Å². The maximum atomic E-state index is 11.2. The van der Waals surface area contributed by atoms with Crippen molar-refractivity contribution in [2.45, 2.75) is 19.8 Å². The smallest absolute Gasteiger partial charge is 0.254 e. The molecule has 0 radical (unpaired) electrons. The highest BCUT2D eigenvalue weighted by molar-refractivity contribution is 6.13. The monoisotopic (exact) mass is 183 g/mol. The Morgan fingerprint density at radius 2 is 2.23 bits per heavy atom. The molecule has 1 aliphatic heterocycles. The van der Waals surface area contributed by atoms with Crippen molar-refractivity contribution < 1.29 is 14.3 Å². The van der Waals surface area contributed by atoms with Gasteiger partial charge in [0, 0.05) is 19.3 Å². The first-order valence-corrected chi connectivity index (χ1v) is 4.17. The number of carbonyl (C=O) groups is 2. The number of ether oxygens (including phenoxy) is 1. The minimum Gasteiger partial charge on any atom is -0.384 e. The summed E-state index contributed by atoms with van der Waals surface area (Å²) in [7, 11) is 1.61. The summed E-state index contributed by atoms with van der Waals surface area (Å²) in [5, 5.41) is 2.25. The number of amides is 2. The third-order valence-corrected chi connectivity index (χ3v) is 2.06. The Labute approximate surface area is 76.9 Å². The van der Waals surface area contributed by atoms with Crippen LogP contribution in [0.25, 0.3) is 0 Å². The molecule has 0 aromatic heterocycles. The summed E-state index contributed by atoms with van der Waals surface area (Å²) >= 11 is 0. The van der Waals surface area contributed by atoms with Crippen molar-refractivity contribution in [3.8, 4) is 0 Å². The molecule has 0 spiro atoms. The quantitative estimate of drug-likeness (QED) is 0.508. The molecule has 0 atom stereocenters. The van der Waals surface area contributed by atoms with Crippen LogP contribution in [0, 0.1) is 0 Å². The second-order valence-corrected chi connectivity index (χ2v) is 3.06. The molecule has 72 valence electrons. The van der Waals surface area contributed by atoms with Crippen LogP contribution in [-0.4, -0.2) is 25.5 Å². The summed E-state index contributed by atoms with van der Waals surface area (Å²) in [6, 6.07) is 0. The molecule has 0 saturated carbocycles. The first kappa shape index (κ1) is 9.92. The summed E-state index contributed by atoms with van der Waals surface area (Å²) in [4.78, 5) is 22.0. The molecule has 0 aliphatic carbocycles. The Morgan fingerprint density at radius 1 is 1.54 bits per heavy atom. The zero-order valence-corrected chi connectivity index (χ0v) is 7.85. The van der Waals surface area contributed by atoms with Crippen molar-refractivity contribution in [3.63, 3.8) is 0 Å². The van der Waals surface area contributed by atoms with E-state index in [9.17, 15) is 9.59 Å². The molecule has 1 fully saturated rings. The molecule has 1 aliphatic rings. The van der Waals surface area contributed by atoms with E-state index in [1.54, 1.807) is 7.11 Å². The third kappa shape index (κ3) is 2.39. The van der Waals surface area contributed by atoms with E-state index in [0.29, 0.717) is 18.6 Å². The predicted octanol–water partition coefficient (Wildman–Crippen LogP) is 0.386. The van der Waals surface area contributed by atoms with Crippen LogP contribution in [0.15, 0.2) is 11.1 Å². The van der Waals surface area contributed by atoms with E-state index in [0.717, 1.165) is 5.57 Å². The summed E-state index contributed by atoms with van der Waals surface area (Å²) in [5.41, 5.74) is 1.53. The van der Waals surface area contributed by atoms with Gasteiger partial charge in [-0.2, -0.15) is 0 Å². The molecule has 1 saturated heterocycles. The minimum atomic E-state index is -0.251. The van der Waals surface area contributed by atoms with Gasteiger partial charge in [-0.3, -0.25) is 14.9 Å². The summed E-state index contributed by atoms with van der Waals surface area (Å²) < 4.78 is 4.88. The Kier molecular flexibility index (Phi) is 3.19. The maximum absolute atomic E-state index is 11.2. The number of rotatable bonds is 3. The van der Waals surface area contributed by atoms with E-state index in [1.807, 2.05) is 6.92 Å². The lowest BCUT2D eigenvalue weighted by atomic mass is 10.1. The van der Waals surface area contributed by atoms with Crippen LogP contribution >= 0.6 is 0 Å². The Hall–Kier alpha value is -1.16. The maximum Gasteiger partial charge on any atom is 0.254 e. The standard InChI is InChI=1S/C9H13NO3/c1-6(3-4-13-2)7-5-8(11)10-9(7)12/h3-5H2,1-2H3,(H,10,11,12). The van der Waals surface area contributed by atoms with Crippen LogP contribution in [-0.2, 0) is 14.3 Å². The van der Waals surface area contributed by atoms with Crippen molar-refractivity contribution in [2.24, 2.45) is 0 Å². The molecule has 0 bridgehead atoms. The van der Waals surface area contributed by atoms with Crippen LogP contribution in [0.4, 0.5) is 0 Å². The summed E-state index contributed by atoms with van der Waals surface area (Å²) in [5.74, 6) is -0.463. The van der Waals surface area contributed by atoms with Crippen molar-refractivity contribution in [1.82, 2.24) is 5.32 Å². The molecule has 0 unspecified atom stereocenters. The van der Waals surface area contributed by atoms with Crippen LogP contribution in [0.3, 0.4) is 0 Å².